The third-order valence-corrected chi connectivity index (χ3v) is 5.00. The summed E-state index contributed by atoms with van der Waals surface area (Å²) in [5, 5.41) is 10.5. The lowest BCUT2D eigenvalue weighted by Gasteiger charge is -2.19. The van der Waals surface area contributed by atoms with Crippen molar-refractivity contribution < 1.29 is 9.18 Å². The molecule has 3 aromatic rings. The maximum Gasteiger partial charge on any atom is 0.221 e. The second-order valence-electron chi connectivity index (χ2n) is 7.08. The molecule has 1 aliphatic rings. The molecule has 1 amide bonds. The van der Waals surface area contributed by atoms with E-state index in [1.54, 1.807) is 17.6 Å². The Morgan fingerprint density at radius 3 is 2.96 bits per heavy atom. The van der Waals surface area contributed by atoms with Crippen molar-refractivity contribution in [3.8, 4) is 11.1 Å². The first-order chi connectivity index (χ1) is 13.5. The molecule has 0 aliphatic carbocycles. The Morgan fingerprint density at radius 2 is 2.11 bits per heavy atom. The predicted octanol–water partition coefficient (Wildman–Crippen LogP) is 1.89. The zero-order chi connectivity index (χ0) is 19.7. The third kappa shape index (κ3) is 3.55. The minimum Gasteiger partial charge on any atom is -0.358 e. The second kappa shape index (κ2) is 7.55. The molecule has 3 heterocycles. The van der Waals surface area contributed by atoms with Gasteiger partial charge in [-0.05, 0) is 36.2 Å². The summed E-state index contributed by atoms with van der Waals surface area (Å²) in [5.74, 6) is 0.530. The van der Waals surface area contributed by atoms with Crippen molar-refractivity contribution in [3.05, 3.63) is 47.5 Å². The van der Waals surface area contributed by atoms with Crippen LogP contribution in [0.4, 0.5) is 10.2 Å². The van der Waals surface area contributed by atoms with Crippen LogP contribution in [0.5, 0.6) is 0 Å². The molecule has 7 nitrogen and oxygen atoms in total. The van der Waals surface area contributed by atoms with E-state index in [0.29, 0.717) is 49.4 Å². The maximum absolute atomic E-state index is 14.6. The number of nitrogens with zero attached hydrogens (tertiary/aromatic N) is 4. The van der Waals surface area contributed by atoms with Crippen LogP contribution in [-0.2, 0) is 11.3 Å². The van der Waals surface area contributed by atoms with Crippen LogP contribution in [0.2, 0.25) is 0 Å². The van der Waals surface area contributed by atoms with E-state index in [1.165, 1.54) is 0 Å². The SMILES string of the molecule is Cc1cc2cc(c1F)CNCCC(=O)NCCN(C)c1ccn3ncc-2c3n1. The number of aromatic nitrogens is 3. The smallest absolute Gasteiger partial charge is 0.221 e. The lowest BCUT2D eigenvalue weighted by Crippen LogP contribution is -2.34. The first-order valence-corrected chi connectivity index (χ1v) is 9.35. The number of carbonyl (C=O) groups excluding carboxylic acids is 1. The van der Waals surface area contributed by atoms with Gasteiger partial charge in [0.25, 0.3) is 0 Å². The maximum atomic E-state index is 14.6. The molecule has 0 fully saturated rings. The molecule has 28 heavy (non-hydrogen) atoms. The topological polar surface area (TPSA) is 74.6 Å². The van der Waals surface area contributed by atoms with Crippen LogP contribution in [0.3, 0.4) is 0 Å². The van der Waals surface area contributed by atoms with E-state index in [1.807, 2.05) is 36.3 Å². The van der Waals surface area contributed by atoms with E-state index in [2.05, 4.69) is 15.7 Å². The quantitative estimate of drug-likeness (QED) is 0.621. The molecule has 2 N–H and O–H groups in total. The van der Waals surface area contributed by atoms with E-state index >= 15 is 0 Å². The number of carbonyl (C=O) groups is 1. The molecule has 8 heteroatoms. The van der Waals surface area contributed by atoms with E-state index in [0.717, 1.165) is 16.9 Å². The highest BCUT2D eigenvalue weighted by Crippen LogP contribution is 2.28. The molecule has 4 bridgehead atoms. The minimum atomic E-state index is -0.230. The van der Waals surface area contributed by atoms with Crippen LogP contribution in [-0.4, -0.2) is 47.2 Å². The molecule has 2 aromatic heterocycles. The Labute approximate surface area is 162 Å². The fraction of sp³-hybridized carbons (Fsp3) is 0.350. The molecule has 0 radical (unpaired) electrons. The van der Waals surface area contributed by atoms with E-state index in [9.17, 15) is 9.18 Å². The van der Waals surface area contributed by atoms with Crippen LogP contribution < -0.4 is 15.5 Å². The van der Waals surface area contributed by atoms with Gasteiger partial charge < -0.3 is 15.5 Å². The van der Waals surface area contributed by atoms with Gasteiger partial charge in [0.15, 0.2) is 5.65 Å². The number of likely N-dealkylation sites (N-methyl/N-ethyl adjacent to an activating group) is 1. The van der Waals surface area contributed by atoms with Gasteiger partial charge >= 0.3 is 0 Å². The first kappa shape index (κ1) is 18.4. The molecule has 0 saturated heterocycles. The molecular weight excluding hydrogens is 359 g/mol. The second-order valence-corrected chi connectivity index (χ2v) is 7.08. The van der Waals surface area contributed by atoms with Gasteiger partial charge in [0.05, 0.1) is 6.20 Å². The van der Waals surface area contributed by atoms with Crippen molar-refractivity contribution in [2.75, 3.05) is 31.6 Å². The highest BCUT2D eigenvalue weighted by atomic mass is 19.1. The van der Waals surface area contributed by atoms with Gasteiger partial charge in [-0.2, -0.15) is 5.10 Å². The number of fused-ring (bicyclic) bond motifs is 4. The fourth-order valence-corrected chi connectivity index (χ4v) is 3.39. The number of amides is 1. The fourth-order valence-electron chi connectivity index (χ4n) is 3.39. The number of aryl methyl sites for hydroxylation is 1. The minimum absolute atomic E-state index is 0.0279. The summed E-state index contributed by atoms with van der Waals surface area (Å²) in [5.41, 5.74) is 3.59. The van der Waals surface area contributed by atoms with Gasteiger partial charge in [-0.3, -0.25) is 4.79 Å². The Morgan fingerprint density at radius 1 is 1.25 bits per heavy atom. The Bertz CT molecular complexity index is 1030. The molecule has 0 spiro atoms. The summed E-state index contributed by atoms with van der Waals surface area (Å²) in [6.45, 7) is 3.77. The van der Waals surface area contributed by atoms with Crippen molar-refractivity contribution in [2.45, 2.75) is 19.9 Å². The molecular formula is C20H23FN6O. The Hall–Kier alpha value is -3.00. The van der Waals surface area contributed by atoms with Gasteiger partial charge in [0.2, 0.25) is 5.91 Å². The summed E-state index contributed by atoms with van der Waals surface area (Å²) in [6.07, 6.45) is 3.97. The molecule has 0 saturated carbocycles. The normalized spacial score (nSPS) is 15.8. The van der Waals surface area contributed by atoms with Crippen molar-refractivity contribution >= 4 is 17.4 Å². The number of rotatable bonds is 0. The molecule has 1 aromatic carbocycles. The number of halogens is 1. The van der Waals surface area contributed by atoms with E-state index in [-0.39, 0.29) is 11.7 Å². The lowest BCUT2D eigenvalue weighted by atomic mass is 10.0. The Balaban J connectivity index is 1.82. The molecule has 0 atom stereocenters. The van der Waals surface area contributed by atoms with Gasteiger partial charge in [-0.25, -0.2) is 13.9 Å². The van der Waals surface area contributed by atoms with Crippen LogP contribution in [0, 0.1) is 12.7 Å². The monoisotopic (exact) mass is 382 g/mol. The van der Waals surface area contributed by atoms with Gasteiger partial charge in [0, 0.05) is 57.0 Å². The van der Waals surface area contributed by atoms with Crippen molar-refractivity contribution in [1.29, 1.82) is 0 Å². The molecule has 1 aliphatic heterocycles. The van der Waals surface area contributed by atoms with Crippen molar-refractivity contribution in [1.82, 2.24) is 25.2 Å². The van der Waals surface area contributed by atoms with E-state index < -0.39 is 0 Å². The van der Waals surface area contributed by atoms with Crippen LogP contribution in [0.25, 0.3) is 16.8 Å². The number of benzene rings is 1. The van der Waals surface area contributed by atoms with Crippen molar-refractivity contribution in [2.24, 2.45) is 0 Å². The van der Waals surface area contributed by atoms with Crippen molar-refractivity contribution in [3.63, 3.8) is 0 Å². The van der Waals surface area contributed by atoms with Gasteiger partial charge in [-0.1, -0.05) is 0 Å². The van der Waals surface area contributed by atoms with Crippen LogP contribution in [0.1, 0.15) is 17.5 Å². The molecule has 146 valence electrons. The summed E-state index contributed by atoms with van der Waals surface area (Å²) in [7, 11) is 1.94. The highest BCUT2D eigenvalue weighted by molar-refractivity contribution is 5.79. The number of hydrogen-bond acceptors (Lipinski definition) is 5. The zero-order valence-corrected chi connectivity index (χ0v) is 16.0. The number of anilines is 1. The zero-order valence-electron chi connectivity index (χ0n) is 16.0. The standard InChI is InChI=1S/C20H23FN6O/c1-13-9-14-10-15(19(13)21)11-22-5-3-18(28)23-6-8-26(2)17-4-7-27-20(25-17)16(14)12-24-27/h4,7,9-10,12,22H,3,5-6,8,11H2,1-2H3,(H,23,28). The largest absolute Gasteiger partial charge is 0.358 e. The number of nitrogens with one attached hydrogen (secondary N) is 2. The van der Waals surface area contributed by atoms with E-state index in [4.69, 9.17) is 4.98 Å². The van der Waals surface area contributed by atoms with Gasteiger partial charge in [-0.15, -0.1) is 0 Å². The average Bonchev–Trinajstić information content (AvgIpc) is 3.10. The number of hydrogen-bond donors (Lipinski definition) is 2. The molecule has 0 unspecified atom stereocenters. The highest BCUT2D eigenvalue weighted by Gasteiger charge is 2.15. The summed E-state index contributed by atoms with van der Waals surface area (Å²) in [4.78, 5) is 18.7. The predicted molar refractivity (Wildman–Crippen MR) is 106 cm³/mol. The first-order valence-electron chi connectivity index (χ1n) is 9.35. The third-order valence-electron chi connectivity index (χ3n) is 5.00. The van der Waals surface area contributed by atoms with Crippen LogP contribution in [0.15, 0.2) is 30.6 Å². The summed E-state index contributed by atoms with van der Waals surface area (Å²) >= 11 is 0. The summed E-state index contributed by atoms with van der Waals surface area (Å²) < 4.78 is 16.3. The average molecular weight is 382 g/mol. The molecule has 4 rings (SSSR count). The Kier molecular flexibility index (Phi) is 4.95. The summed E-state index contributed by atoms with van der Waals surface area (Å²) in [6, 6.07) is 5.54. The lowest BCUT2D eigenvalue weighted by molar-refractivity contribution is -0.120. The van der Waals surface area contributed by atoms with Gasteiger partial charge in [0.1, 0.15) is 11.6 Å². The van der Waals surface area contributed by atoms with Crippen LogP contribution >= 0.6 is 0 Å².